The molecule has 9 atom stereocenters. The molecule has 0 heterocycles. The molecule has 0 amide bonds. The van der Waals surface area contributed by atoms with Gasteiger partial charge in [-0.2, -0.15) is 8.42 Å². The Hall–Kier alpha value is -0.720. The Kier molecular flexibility index (Phi) is 6.08. The van der Waals surface area contributed by atoms with Crippen LogP contribution >= 0.6 is 0 Å². The van der Waals surface area contributed by atoms with Gasteiger partial charge >= 0.3 is 10.4 Å². The Balaban J connectivity index is 1.39. The summed E-state index contributed by atoms with van der Waals surface area (Å²) in [5.41, 5.74) is 2.05. The predicted octanol–water partition coefficient (Wildman–Crippen LogP) is 7.18. The van der Waals surface area contributed by atoms with E-state index in [0.717, 1.165) is 18.4 Å². The number of ketones is 1. The minimum absolute atomic E-state index is 0.269. The Labute approximate surface area is 219 Å². The molecule has 0 saturated heterocycles. The van der Waals surface area contributed by atoms with Gasteiger partial charge in [0.15, 0.2) is 5.78 Å². The van der Waals surface area contributed by atoms with Crippen molar-refractivity contribution in [3.05, 3.63) is 11.6 Å². The van der Waals surface area contributed by atoms with Gasteiger partial charge in [0.2, 0.25) is 0 Å². The van der Waals surface area contributed by atoms with Gasteiger partial charge < -0.3 is 0 Å². The second kappa shape index (κ2) is 8.14. The summed E-state index contributed by atoms with van der Waals surface area (Å²) < 4.78 is 37.8. The fourth-order valence-corrected chi connectivity index (χ4v) is 12.1. The third-order valence-electron chi connectivity index (χ3n) is 13.0. The first kappa shape index (κ1) is 26.9. The fraction of sp³-hybridized carbons (Fsp3) is 0.900. The second-order valence-corrected chi connectivity index (χ2v) is 15.9. The molecule has 9 unspecified atom stereocenters. The molecule has 0 aromatic heterocycles. The summed E-state index contributed by atoms with van der Waals surface area (Å²) in [7, 11) is -4.45. The van der Waals surface area contributed by atoms with Gasteiger partial charge in [0.25, 0.3) is 0 Å². The van der Waals surface area contributed by atoms with Crippen molar-refractivity contribution in [3.63, 3.8) is 0 Å². The van der Waals surface area contributed by atoms with Crippen LogP contribution < -0.4 is 0 Å². The molecule has 5 nitrogen and oxygen atoms in total. The summed E-state index contributed by atoms with van der Waals surface area (Å²) in [6, 6.07) is 0. The number of fused-ring (bicyclic) bond motifs is 2. The van der Waals surface area contributed by atoms with E-state index >= 15 is 0 Å². The van der Waals surface area contributed by atoms with Gasteiger partial charge in [0.1, 0.15) is 0 Å². The van der Waals surface area contributed by atoms with Crippen LogP contribution in [-0.4, -0.2) is 24.9 Å². The minimum Gasteiger partial charge on any atom is -0.295 e. The van der Waals surface area contributed by atoms with Crippen LogP contribution in [0.2, 0.25) is 0 Å². The summed E-state index contributed by atoms with van der Waals surface area (Å²) in [5, 5.41) is 0. The molecule has 0 radical (unpaired) electrons. The van der Waals surface area contributed by atoms with E-state index < -0.39 is 16.5 Å². The van der Waals surface area contributed by atoms with Gasteiger partial charge in [0, 0.05) is 6.42 Å². The van der Waals surface area contributed by atoms with Crippen LogP contribution in [0.25, 0.3) is 0 Å². The Morgan fingerprint density at radius 2 is 1.58 bits per heavy atom. The van der Waals surface area contributed by atoms with Crippen molar-refractivity contribution in [3.8, 4) is 0 Å². The third kappa shape index (κ3) is 3.59. The third-order valence-corrected chi connectivity index (χ3v) is 13.5. The van der Waals surface area contributed by atoms with Gasteiger partial charge in [-0.05, 0) is 128 Å². The van der Waals surface area contributed by atoms with Crippen molar-refractivity contribution in [2.45, 2.75) is 119 Å². The lowest BCUT2D eigenvalue weighted by atomic mass is 9.41. The maximum atomic E-state index is 12.6. The highest BCUT2D eigenvalue weighted by Crippen LogP contribution is 2.89. The van der Waals surface area contributed by atoms with Gasteiger partial charge in [0.05, 0.1) is 6.10 Å². The van der Waals surface area contributed by atoms with Gasteiger partial charge in [-0.25, -0.2) is 4.18 Å². The van der Waals surface area contributed by atoms with E-state index in [2.05, 4.69) is 34.6 Å². The van der Waals surface area contributed by atoms with Gasteiger partial charge in [-0.3, -0.25) is 9.35 Å². The number of hydrogen-bond donors (Lipinski definition) is 1. The summed E-state index contributed by atoms with van der Waals surface area (Å²) in [5.74, 6) is 2.43. The highest BCUT2D eigenvalue weighted by Gasteiger charge is 2.82. The number of carbonyl (C=O) groups excluding carboxylic acids is 1. The fourth-order valence-electron chi connectivity index (χ4n) is 11.4. The molecule has 5 aliphatic rings. The first-order valence-electron chi connectivity index (χ1n) is 14.4. The lowest BCUT2D eigenvalue weighted by Gasteiger charge is -2.63. The highest BCUT2D eigenvalue weighted by atomic mass is 32.3. The lowest BCUT2D eigenvalue weighted by molar-refractivity contribution is -0.158. The highest BCUT2D eigenvalue weighted by molar-refractivity contribution is 7.80. The van der Waals surface area contributed by atoms with E-state index in [1.165, 1.54) is 38.5 Å². The maximum absolute atomic E-state index is 12.6. The van der Waals surface area contributed by atoms with Crippen molar-refractivity contribution in [2.75, 3.05) is 0 Å². The zero-order valence-electron chi connectivity index (χ0n) is 23.5. The molecule has 5 fully saturated rings. The van der Waals surface area contributed by atoms with Crippen molar-refractivity contribution in [1.29, 1.82) is 0 Å². The van der Waals surface area contributed by atoms with Crippen molar-refractivity contribution in [2.24, 2.45) is 50.7 Å². The first-order chi connectivity index (χ1) is 16.5. The molecule has 36 heavy (non-hydrogen) atoms. The first-order valence-corrected chi connectivity index (χ1v) is 15.7. The standard InChI is InChI=1S/C30H48O5S/c1-19(2)16-21(31)17-20(3)22-10-12-28(7)24-9-8-23-26(4,5)25(35-36(32,33)34)11-13-29(23)18-30(24,29)15-14-27(22,28)6/h16,20,22-25H,8-15,17-18H2,1-7H3,(H,32,33,34). The number of allylic oxidation sites excluding steroid dienone is 2. The zero-order valence-corrected chi connectivity index (χ0v) is 24.3. The van der Waals surface area contributed by atoms with Crippen molar-refractivity contribution < 1.29 is 21.9 Å². The summed E-state index contributed by atoms with van der Waals surface area (Å²) >= 11 is 0. The molecule has 5 rings (SSSR count). The van der Waals surface area contributed by atoms with Crippen LogP contribution in [0.15, 0.2) is 11.6 Å². The van der Waals surface area contributed by atoms with Crippen LogP contribution in [0.5, 0.6) is 0 Å². The Morgan fingerprint density at radius 1 is 0.944 bits per heavy atom. The quantitative estimate of drug-likeness (QED) is 0.296. The lowest BCUT2D eigenvalue weighted by Crippen LogP contribution is -2.58. The van der Waals surface area contributed by atoms with Crippen molar-refractivity contribution >= 4 is 16.2 Å². The molecule has 0 bridgehead atoms. The minimum atomic E-state index is -4.45. The largest absolute Gasteiger partial charge is 0.397 e. The molecule has 0 aromatic rings. The maximum Gasteiger partial charge on any atom is 0.397 e. The Morgan fingerprint density at radius 3 is 2.22 bits per heavy atom. The van der Waals surface area contributed by atoms with Crippen LogP contribution in [0.3, 0.4) is 0 Å². The summed E-state index contributed by atoms with van der Waals surface area (Å²) in [6.45, 7) is 15.8. The Bertz CT molecular complexity index is 1070. The molecule has 5 saturated carbocycles. The SMILES string of the molecule is CC(C)=CC(=O)CC(C)C1CCC2(C)C3CCC4C(C)(C)C(OS(=O)(=O)O)CCC45CC35CCC12C. The average molecular weight is 521 g/mol. The average Bonchev–Trinajstić information content (AvgIpc) is 3.31. The molecule has 1 N–H and O–H groups in total. The molecular weight excluding hydrogens is 472 g/mol. The van der Waals surface area contributed by atoms with Crippen LogP contribution in [0, 0.1) is 50.7 Å². The smallest absolute Gasteiger partial charge is 0.295 e. The second-order valence-electron chi connectivity index (χ2n) is 14.9. The van der Waals surface area contributed by atoms with E-state index in [1.54, 1.807) is 0 Å². The van der Waals surface area contributed by atoms with Gasteiger partial charge in [-0.15, -0.1) is 0 Å². The number of carbonyl (C=O) groups is 1. The molecule has 6 heteroatoms. The van der Waals surface area contributed by atoms with Gasteiger partial charge in [-0.1, -0.05) is 40.2 Å². The predicted molar refractivity (Wildman–Crippen MR) is 142 cm³/mol. The zero-order chi connectivity index (χ0) is 26.5. The van der Waals surface area contributed by atoms with Crippen LogP contribution in [0.4, 0.5) is 0 Å². The number of hydrogen-bond acceptors (Lipinski definition) is 4. The molecule has 0 aliphatic heterocycles. The molecule has 5 aliphatic carbocycles. The molecule has 204 valence electrons. The normalized spacial score (nSPS) is 47.6. The summed E-state index contributed by atoms with van der Waals surface area (Å²) in [6.07, 6.45) is 12.4. The molecule has 2 spiro atoms. The molecular formula is C30H48O5S. The van der Waals surface area contributed by atoms with Crippen LogP contribution in [0.1, 0.15) is 113 Å². The van der Waals surface area contributed by atoms with E-state index in [0.29, 0.717) is 52.8 Å². The van der Waals surface area contributed by atoms with E-state index in [-0.39, 0.29) is 16.6 Å². The van der Waals surface area contributed by atoms with Crippen LogP contribution in [-0.2, 0) is 19.4 Å². The monoisotopic (exact) mass is 520 g/mol. The van der Waals surface area contributed by atoms with E-state index in [4.69, 9.17) is 4.18 Å². The topological polar surface area (TPSA) is 80.7 Å². The van der Waals surface area contributed by atoms with E-state index in [1.807, 2.05) is 19.9 Å². The van der Waals surface area contributed by atoms with Crippen molar-refractivity contribution in [1.82, 2.24) is 0 Å². The van der Waals surface area contributed by atoms with E-state index in [9.17, 15) is 17.8 Å². The summed E-state index contributed by atoms with van der Waals surface area (Å²) in [4.78, 5) is 12.6. The number of rotatable bonds is 6. The molecule has 0 aromatic carbocycles.